The number of nitrogens with zero attached hydrogens (tertiary/aromatic N) is 4. The van der Waals surface area contributed by atoms with Gasteiger partial charge in [0.15, 0.2) is 5.82 Å². The Morgan fingerprint density at radius 2 is 1.94 bits per heavy atom. The fourth-order valence-corrected chi connectivity index (χ4v) is 3.99. The number of benzene rings is 2. The first kappa shape index (κ1) is 21.7. The molecular weight excluding hydrogens is 430 g/mol. The molecule has 1 unspecified atom stereocenters. The molecule has 1 amide bonds. The highest BCUT2D eigenvalue weighted by Gasteiger charge is 2.28. The lowest BCUT2D eigenvalue weighted by Crippen LogP contribution is -2.41. The molecule has 0 radical (unpaired) electrons. The second-order valence-electron chi connectivity index (χ2n) is 7.78. The molecule has 0 saturated carbocycles. The summed E-state index contributed by atoms with van der Waals surface area (Å²) in [5, 5.41) is 23.5. The lowest BCUT2D eigenvalue weighted by molar-refractivity contribution is -0.384. The fourth-order valence-electron chi connectivity index (χ4n) is 3.86. The first-order valence-corrected chi connectivity index (χ1v) is 10.7. The van der Waals surface area contributed by atoms with Crippen LogP contribution < -0.4 is 10.2 Å². The van der Waals surface area contributed by atoms with Crippen molar-refractivity contribution < 1.29 is 9.72 Å². The fraction of sp³-hybridized carbons (Fsp3) is 0.261. The number of carbonyl (C=O) groups is 1. The van der Waals surface area contributed by atoms with Crippen LogP contribution in [-0.2, 0) is 4.79 Å². The molecule has 2 aromatic carbocycles. The predicted octanol–water partition coefficient (Wildman–Crippen LogP) is 4.87. The number of halogens is 1. The van der Waals surface area contributed by atoms with E-state index in [9.17, 15) is 14.9 Å². The Labute approximate surface area is 190 Å². The molecule has 1 aliphatic rings. The Kier molecular flexibility index (Phi) is 6.32. The van der Waals surface area contributed by atoms with Crippen molar-refractivity contribution in [3.8, 4) is 11.3 Å². The number of rotatable bonds is 5. The van der Waals surface area contributed by atoms with Gasteiger partial charge in [-0.05, 0) is 49.6 Å². The normalized spacial score (nSPS) is 15.9. The molecule has 9 heteroatoms. The van der Waals surface area contributed by atoms with Gasteiger partial charge in [0, 0.05) is 29.7 Å². The van der Waals surface area contributed by atoms with Gasteiger partial charge in [0.2, 0.25) is 5.91 Å². The van der Waals surface area contributed by atoms with Crippen LogP contribution in [0.5, 0.6) is 0 Å². The molecule has 0 spiro atoms. The van der Waals surface area contributed by atoms with Gasteiger partial charge in [-0.25, -0.2) is 0 Å². The van der Waals surface area contributed by atoms with E-state index in [0.29, 0.717) is 29.4 Å². The van der Waals surface area contributed by atoms with Crippen LogP contribution in [0.4, 0.5) is 17.2 Å². The first-order valence-electron chi connectivity index (χ1n) is 10.3. The van der Waals surface area contributed by atoms with Crippen LogP contribution in [-0.4, -0.2) is 34.1 Å². The van der Waals surface area contributed by atoms with Gasteiger partial charge < -0.3 is 10.2 Å². The largest absolute Gasteiger partial charge is 0.354 e. The van der Waals surface area contributed by atoms with E-state index in [0.717, 1.165) is 24.2 Å². The molecule has 1 aromatic heterocycles. The number of piperidine rings is 1. The number of carbonyl (C=O) groups excluding carboxylic acids is 1. The maximum absolute atomic E-state index is 12.9. The number of para-hydroxylation sites is 1. The zero-order chi connectivity index (χ0) is 22.7. The SMILES string of the molecule is Cc1cccc([N+](=O)[O-])c1NC(=O)C1CCCN(c2ccc(-c3ccc(Cl)cc3)nn2)C1. The van der Waals surface area contributed by atoms with Gasteiger partial charge in [-0.15, -0.1) is 10.2 Å². The van der Waals surface area contributed by atoms with Gasteiger partial charge in [0.1, 0.15) is 5.69 Å². The van der Waals surface area contributed by atoms with E-state index in [1.54, 1.807) is 31.2 Å². The number of anilines is 2. The summed E-state index contributed by atoms with van der Waals surface area (Å²) in [5.41, 5.74) is 2.47. The van der Waals surface area contributed by atoms with Crippen molar-refractivity contribution >= 4 is 34.7 Å². The lowest BCUT2D eigenvalue weighted by Gasteiger charge is -2.32. The minimum Gasteiger partial charge on any atom is -0.354 e. The summed E-state index contributed by atoms with van der Waals surface area (Å²) in [5.74, 6) is 0.167. The highest BCUT2D eigenvalue weighted by molar-refractivity contribution is 6.30. The number of aromatic nitrogens is 2. The number of nitro benzene ring substituents is 1. The average Bonchev–Trinajstić information content (AvgIpc) is 2.81. The summed E-state index contributed by atoms with van der Waals surface area (Å²) in [6.45, 7) is 2.98. The first-order chi connectivity index (χ1) is 15.4. The highest BCUT2D eigenvalue weighted by Crippen LogP contribution is 2.30. The lowest BCUT2D eigenvalue weighted by atomic mass is 9.96. The van der Waals surface area contributed by atoms with Crippen LogP contribution in [0.15, 0.2) is 54.6 Å². The molecule has 0 aliphatic carbocycles. The van der Waals surface area contributed by atoms with Crippen molar-refractivity contribution in [2.75, 3.05) is 23.3 Å². The molecule has 32 heavy (non-hydrogen) atoms. The Morgan fingerprint density at radius 3 is 2.62 bits per heavy atom. The van der Waals surface area contributed by atoms with E-state index in [1.165, 1.54) is 6.07 Å². The molecule has 2 heterocycles. The van der Waals surface area contributed by atoms with Crippen molar-refractivity contribution in [2.24, 2.45) is 5.92 Å². The maximum atomic E-state index is 12.9. The van der Waals surface area contributed by atoms with Crippen LogP contribution in [0, 0.1) is 23.0 Å². The maximum Gasteiger partial charge on any atom is 0.293 e. The van der Waals surface area contributed by atoms with Crippen LogP contribution in [0.25, 0.3) is 11.3 Å². The van der Waals surface area contributed by atoms with E-state index in [2.05, 4.69) is 15.5 Å². The molecule has 3 aromatic rings. The van der Waals surface area contributed by atoms with Gasteiger partial charge in [0.05, 0.1) is 16.5 Å². The van der Waals surface area contributed by atoms with Gasteiger partial charge in [-0.1, -0.05) is 35.9 Å². The number of aryl methyl sites for hydroxylation is 1. The van der Waals surface area contributed by atoms with E-state index in [1.807, 2.05) is 29.2 Å². The van der Waals surface area contributed by atoms with Crippen LogP contribution in [0.1, 0.15) is 18.4 Å². The van der Waals surface area contributed by atoms with Gasteiger partial charge in [-0.3, -0.25) is 14.9 Å². The Hall–Kier alpha value is -3.52. The quantitative estimate of drug-likeness (QED) is 0.438. The van der Waals surface area contributed by atoms with Gasteiger partial charge in [0.25, 0.3) is 5.69 Å². The number of hydrogen-bond donors (Lipinski definition) is 1. The minimum absolute atomic E-state index is 0.102. The van der Waals surface area contributed by atoms with Crippen molar-refractivity contribution in [3.63, 3.8) is 0 Å². The third-order valence-corrected chi connectivity index (χ3v) is 5.85. The molecule has 1 atom stereocenters. The molecule has 8 nitrogen and oxygen atoms in total. The van der Waals surface area contributed by atoms with Crippen molar-refractivity contribution in [1.82, 2.24) is 10.2 Å². The summed E-state index contributed by atoms with van der Waals surface area (Å²) in [6.07, 6.45) is 1.52. The summed E-state index contributed by atoms with van der Waals surface area (Å²) in [4.78, 5) is 25.8. The van der Waals surface area contributed by atoms with E-state index in [-0.39, 0.29) is 23.2 Å². The number of nitro groups is 1. The van der Waals surface area contributed by atoms with E-state index in [4.69, 9.17) is 11.6 Å². The van der Waals surface area contributed by atoms with Gasteiger partial charge in [-0.2, -0.15) is 0 Å². The smallest absolute Gasteiger partial charge is 0.293 e. The van der Waals surface area contributed by atoms with Crippen molar-refractivity contribution in [3.05, 3.63) is 75.3 Å². The second kappa shape index (κ2) is 9.32. The monoisotopic (exact) mass is 451 g/mol. The van der Waals surface area contributed by atoms with Crippen molar-refractivity contribution in [2.45, 2.75) is 19.8 Å². The Balaban J connectivity index is 1.46. The second-order valence-corrected chi connectivity index (χ2v) is 8.22. The molecule has 1 aliphatic heterocycles. The molecule has 164 valence electrons. The number of nitrogens with one attached hydrogen (secondary N) is 1. The zero-order valence-electron chi connectivity index (χ0n) is 17.5. The molecule has 1 fully saturated rings. The molecule has 1 N–H and O–H groups in total. The summed E-state index contributed by atoms with van der Waals surface area (Å²) >= 11 is 5.94. The number of amides is 1. The third-order valence-electron chi connectivity index (χ3n) is 5.60. The van der Waals surface area contributed by atoms with Crippen LogP contribution in [0.3, 0.4) is 0 Å². The van der Waals surface area contributed by atoms with Gasteiger partial charge >= 0.3 is 0 Å². The Morgan fingerprint density at radius 1 is 1.16 bits per heavy atom. The molecular formula is C23H22ClN5O3. The summed E-state index contributed by atoms with van der Waals surface area (Å²) < 4.78 is 0. The van der Waals surface area contributed by atoms with E-state index < -0.39 is 4.92 Å². The zero-order valence-corrected chi connectivity index (χ0v) is 18.2. The Bertz CT molecular complexity index is 1140. The van der Waals surface area contributed by atoms with Crippen LogP contribution in [0.2, 0.25) is 5.02 Å². The third kappa shape index (κ3) is 4.70. The van der Waals surface area contributed by atoms with Crippen molar-refractivity contribution in [1.29, 1.82) is 0 Å². The number of hydrogen-bond acceptors (Lipinski definition) is 6. The standard InChI is InChI=1S/C23H22ClN5O3/c1-15-4-2-6-20(29(31)32)22(15)25-23(30)17-5-3-13-28(14-17)21-12-11-19(26-27-21)16-7-9-18(24)10-8-16/h2,4,6-12,17H,3,5,13-14H2,1H3,(H,25,30). The average molecular weight is 452 g/mol. The molecule has 0 bridgehead atoms. The van der Waals surface area contributed by atoms with E-state index >= 15 is 0 Å². The topological polar surface area (TPSA) is 101 Å². The predicted molar refractivity (Wildman–Crippen MR) is 124 cm³/mol. The summed E-state index contributed by atoms with van der Waals surface area (Å²) in [6, 6.07) is 15.9. The molecule has 4 rings (SSSR count). The minimum atomic E-state index is -0.479. The highest BCUT2D eigenvalue weighted by atomic mass is 35.5. The van der Waals surface area contributed by atoms with Crippen LogP contribution >= 0.6 is 11.6 Å². The molecule has 1 saturated heterocycles. The summed E-state index contributed by atoms with van der Waals surface area (Å²) in [7, 11) is 0.